The van der Waals surface area contributed by atoms with Gasteiger partial charge in [0, 0.05) is 11.4 Å². The van der Waals surface area contributed by atoms with Crippen molar-refractivity contribution >= 4 is 17.5 Å². The van der Waals surface area contributed by atoms with Crippen molar-refractivity contribution in [2.45, 2.75) is 32.7 Å². The molecule has 0 aliphatic rings. The van der Waals surface area contributed by atoms with E-state index in [1.807, 2.05) is 38.1 Å². The number of nitrogens with one attached hydrogen (secondary N) is 1. The van der Waals surface area contributed by atoms with Gasteiger partial charge in [0.2, 0.25) is 5.91 Å². The van der Waals surface area contributed by atoms with Crippen molar-refractivity contribution in [3.8, 4) is 0 Å². The van der Waals surface area contributed by atoms with E-state index in [0.717, 1.165) is 12.0 Å². The fourth-order valence-corrected chi connectivity index (χ4v) is 2.16. The molecule has 0 bridgehead atoms. The average molecular weight is 269 g/mol. The Bertz CT molecular complexity index is 391. The summed E-state index contributed by atoms with van der Waals surface area (Å²) >= 11 is 6.09. The van der Waals surface area contributed by atoms with E-state index in [1.165, 1.54) is 0 Å². The Hall–Kier alpha value is -1.06. The van der Waals surface area contributed by atoms with Crippen molar-refractivity contribution in [3.63, 3.8) is 0 Å². The van der Waals surface area contributed by atoms with Gasteiger partial charge in [0.05, 0.1) is 6.04 Å². The summed E-state index contributed by atoms with van der Waals surface area (Å²) in [6, 6.07) is 7.46. The fourth-order valence-electron chi connectivity index (χ4n) is 1.86. The highest BCUT2D eigenvalue weighted by Gasteiger charge is 2.15. The number of amides is 1. The first-order chi connectivity index (χ1) is 8.58. The number of carbonyl (C=O) groups is 1. The molecule has 0 aromatic heterocycles. The minimum atomic E-state index is -0.0820. The molecule has 1 amide bonds. The molecule has 3 nitrogen and oxygen atoms in total. The molecule has 0 saturated carbocycles. The molecule has 0 fully saturated rings. The molecule has 0 radical (unpaired) electrons. The predicted octanol–water partition coefficient (Wildman–Crippen LogP) is 2.89. The SMILES string of the molecule is CCC(CN)CC(=O)NC(C)c1ccccc1Cl. The molecule has 18 heavy (non-hydrogen) atoms. The van der Waals surface area contributed by atoms with Gasteiger partial charge >= 0.3 is 0 Å². The molecule has 1 rings (SSSR count). The highest BCUT2D eigenvalue weighted by molar-refractivity contribution is 6.31. The first kappa shape index (κ1) is 15.0. The fraction of sp³-hybridized carbons (Fsp3) is 0.500. The van der Waals surface area contributed by atoms with Crippen molar-refractivity contribution in [2.75, 3.05) is 6.54 Å². The zero-order valence-electron chi connectivity index (χ0n) is 10.9. The monoisotopic (exact) mass is 268 g/mol. The van der Waals surface area contributed by atoms with Gasteiger partial charge in [-0.15, -0.1) is 0 Å². The Labute approximate surface area is 114 Å². The third-order valence-electron chi connectivity index (χ3n) is 3.13. The second-order valence-electron chi connectivity index (χ2n) is 4.52. The molecule has 2 unspecified atom stereocenters. The first-order valence-electron chi connectivity index (χ1n) is 6.32. The summed E-state index contributed by atoms with van der Waals surface area (Å²) in [7, 11) is 0. The van der Waals surface area contributed by atoms with Crippen LogP contribution < -0.4 is 11.1 Å². The smallest absolute Gasteiger partial charge is 0.220 e. The summed E-state index contributed by atoms with van der Waals surface area (Å²) in [5, 5.41) is 3.63. The highest BCUT2D eigenvalue weighted by Crippen LogP contribution is 2.22. The average Bonchev–Trinajstić information content (AvgIpc) is 2.36. The Morgan fingerprint density at radius 3 is 2.67 bits per heavy atom. The van der Waals surface area contributed by atoms with Gasteiger partial charge in [-0.05, 0) is 31.0 Å². The first-order valence-corrected chi connectivity index (χ1v) is 6.70. The van der Waals surface area contributed by atoms with Gasteiger partial charge in [0.15, 0.2) is 0 Å². The normalized spacial score (nSPS) is 14.0. The maximum Gasteiger partial charge on any atom is 0.220 e. The van der Waals surface area contributed by atoms with Crippen molar-refractivity contribution < 1.29 is 4.79 Å². The van der Waals surface area contributed by atoms with Crippen LogP contribution in [0.1, 0.15) is 38.3 Å². The van der Waals surface area contributed by atoms with Crippen LogP contribution in [0.2, 0.25) is 5.02 Å². The topological polar surface area (TPSA) is 55.1 Å². The summed E-state index contributed by atoms with van der Waals surface area (Å²) in [6.07, 6.45) is 1.40. The lowest BCUT2D eigenvalue weighted by Gasteiger charge is -2.18. The molecule has 1 aromatic rings. The number of benzene rings is 1. The number of hydrogen-bond donors (Lipinski definition) is 2. The zero-order valence-corrected chi connectivity index (χ0v) is 11.7. The Kier molecular flexibility index (Phi) is 6.16. The molecule has 100 valence electrons. The van der Waals surface area contributed by atoms with Gasteiger partial charge in [-0.3, -0.25) is 4.79 Å². The number of carbonyl (C=O) groups excluding carboxylic acids is 1. The Morgan fingerprint density at radius 2 is 2.11 bits per heavy atom. The summed E-state index contributed by atoms with van der Waals surface area (Å²) in [5.74, 6) is 0.281. The lowest BCUT2D eigenvalue weighted by Crippen LogP contribution is -2.30. The Morgan fingerprint density at radius 1 is 1.44 bits per heavy atom. The predicted molar refractivity (Wildman–Crippen MR) is 75.5 cm³/mol. The van der Waals surface area contributed by atoms with Crippen molar-refractivity contribution in [1.82, 2.24) is 5.32 Å². The molecule has 0 aliphatic carbocycles. The molecule has 4 heteroatoms. The third-order valence-corrected chi connectivity index (χ3v) is 3.48. The number of rotatable bonds is 6. The van der Waals surface area contributed by atoms with Crippen LogP contribution in [0.3, 0.4) is 0 Å². The van der Waals surface area contributed by atoms with Gasteiger partial charge in [0.25, 0.3) is 0 Å². The molecule has 2 atom stereocenters. The van der Waals surface area contributed by atoms with Gasteiger partial charge in [-0.25, -0.2) is 0 Å². The molecular weight excluding hydrogens is 248 g/mol. The van der Waals surface area contributed by atoms with E-state index in [-0.39, 0.29) is 17.9 Å². The minimum absolute atomic E-state index is 0.0275. The van der Waals surface area contributed by atoms with Crippen LogP contribution in [0.5, 0.6) is 0 Å². The quantitative estimate of drug-likeness (QED) is 0.834. The van der Waals surface area contributed by atoms with Crippen molar-refractivity contribution in [2.24, 2.45) is 11.7 Å². The van der Waals surface area contributed by atoms with E-state index in [9.17, 15) is 4.79 Å². The zero-order chi connectivity index (χ0) is 13.5. The van der Waals surface area contributed by atoms with Crippen LogP contribution in [0, 0.1) is 5.92 Å². The Balaban J connectivity index is 2.57. The minimum Gasteiger partial charge on any atom is -0.350 e. The summed E-state index contributed by atoms with van der Waals surface area (Å²) in [4.78, 5) is 11.9. The number of halogens is 1. The van der Waals surface area contributed by atoms with Crippen LogP contribution in [0.25, 0.3) is 0 Å². The standard InChI is InChI=1S/C14H21ClN2O/c1-3-11(9-16)8-14(18)17-10(2)12-6-4-5-7-13(12)15/h4-7,10-11H,3,8-9,16H2,1-2H3,(H,17,18). The van der Waals surface area contributed by atoms with Gasteiger partial charge < -0.3 is 11.1 Å². The van der Waals surface area contributed by atoms with Gasteiger partial charge in [-0.1, -0.05) is 43.1 Å². The van der Waals surface area contributed by atoms with Crippen LogP contribution in [0.15, 0.2) is 24.3 Å². The van der Waals surface area contributed by atoms with E-state index in [4.69, 9.17) is 17.3 Å². The maximum atomic E-state index is 11.9. The molecule has 0 heterocycles. The van der Waals surface area contributed by atoms with Crippen LogP contribution >= 0.6 is 11.6 Å². The summed E-state index contributed by atoms with van der Waals surface area (Å²) in [6.45, 7) is 4.52. The van der Waals surface area contributed by atoms with Gasteiger partial charge in [-0.2, -0.15) is 0 Å². The molecule has 0 saturated heterocycles. The van der Waals surface area contributed by atoms with E-state index in [2.05, 4.69) is 5.32 Å². The van der Waals surface area contributed by atoms with Crippen LogP contribution in [-0.4, -0.2) is 12.5 Å². The van der Waals surface area contributed by atoms with E-state index in [1.54, 1.807) is 0 Å². The number of hydrogen-bond acceptors (Lipinski definition) is 2. The van der Waals surface area contributed by atoms with Gasteiger partial charge in [0.1, 0.15) is 0 Å². The van der Waals surface area contributed by atoms with Crippen molar-refractivity contribution in [3.05, 3.63) is 34.9 Å². The van der Waals surface area contributed by atoms with E-state index in [0.29, 0.717) is 18.0 Å². The van der Waals surface area contributed by atoms with Crippen molar-refractivity contribution in [1.29, 1.82) is 0 Å². The molecule has 3 N–H and O–H groups in total. The van der Waals surface area contributed by atoms with Crippen LogP contribution in [-0.2, 0) is 4.79 Å². The van der Waals surface area contributed by atoms with Crippen LogP contribution in [0.4, 0.5) is 0 Å². The lowest BCUT2D eigenvalue weighted by atomic mass is 10.0. The lowest BCUT2D eigenvalue weighted by molar-refractivity contribution is -0.122. The second-order valence-corrected chi connectivity index (χ2v) is 4.93. The summed E-state index contributed by atoms with van der Waals surface area (Å²) in [5.41, 5.74) is 6.53. The van der Waals surface area contributed by atoms with E-state index >= 15 is 0 Å². The molecule has 0 aliphatic heterocycles. The molecule has 1 aromatic carbocycles. The molecular formula is C14H21ClN2O. The number of nitrogens with two attached hydrogens (primary N) is 1. The highest BCUT2D eigenvalue weighted by atomic mass is 35.5. The maximum absolute atomic E-state index is 11.9. The van der Waals surface area contributed by atoms with E-state index < -0.39 is 0 Å². The molecule has 0 spiro atoms. The third kappa shape index (κ3) is 4.31. The second kappa shape index (κ2) is 7.39. The summed E-state index contributed by atoms with van der Waals surface area (Å²) < 4.78 is 0. The largest absolute Gasteiger partial charge is 0.350 e.